The second kappa shape index (κ2) is 8.42. The lowest BCUT2D eigenvalue weighted by Crippen LogP contribution is -2.30. The number of carbonyl (C=O) groups is 2. The van der Waals surface area contributed by atoms with Gasteiger partial charge < -0.3 is 14.8 Å². The van der Waals surface area contributed by atoms with Gasteiger partial charge in [0.15, 0.2) is 6.10 Å². The summed E-state index contributed by atoms with van der Waals surface area (Å²) in [4.78, 5) is 24.3. The Morgan fingerprint density at radius 3 is 2.27 bits per heavy atom. The number of ether oxygens (including phenoxy) is 2. The number of hydrogen-bond acceptors (Lipinski definition) is 4. The zero-order chi connectivity index (χ0) is 19.3. The van der Waals surface area contributed by atoms with Gasteiger partial charge in [0, 0.05) is 5.69 Å². The molecule has 0 saturated carbocycles. The molecule has 138 valence electrons. The number of nitrogens with one attached hydrogen (secondary N) is 1. The zero-order valence-electron chi connectivity index (χ0n) is 14.6. The number of aryl methyl sites for hydroxylation is 2. The number of alkyl halides is 2. The van der Waals surface area contributed by atoms with Crippen LogP contribution in [-0.4, -0.2) is 24.6 Å². The molecule has 5 nitrogen and oxygen atoms in total. The molecule has 0 aliphatic rings. The average molecular weight is 363 g/mol. The van der Waals surface area contributed by atoms with Crippen molar-refractivity contribution in [2.45, 2.75) is 33.5 Å². The molecule has 0 aliphatic carbocycles. The molecule has 0 spiro atoms. The van der Waals surface area contributed by atoms with Crippen molar-refractivity contribution in [1.82, 2.24) is 0 Å². The summed E-state index contributed by atoms with van der Waals surface area (Å²) < 4.78 is 33.5. The predicted octanol–water partition coefficient (Wildman–Crippen LogP) is 4.09. The van der Waals surface area contributed by atoms with Crippen LogP contribution in [0.15, 0.2) is 42.5 Å². The van der Waals surface area contributed by atoms with Gasteiger partial charge in [0.1, 0.15) is 5.75 Å². The maximum Gasteiger partial charge on any atom is 0.387 e. The number of anilines is 1. The van der Waals surface area contributed by atoms with E-state index < -0.39 is 24.6 Å². The summed E-state index contributed by atoms with van der Waals surface area (Å²) in [7, 11) is 0. The monoisotopic (exact) mass is 363 g/mol. The highest BCUT2D eigenvalue weighted by atomic mass is 19.3. The standard InChI is InChI=1S/C19H19F2NO4/c1-11-4-9-16(12(2)10-11)22-17(23)13(3)25-18(24)14-5-7-15(8-6-14)26-19(20)21/h4-10,13,19H,1-3H3,(H,22,23)/t13-/m0/s1. The minimum atomic E-state index is -2.94. The van der Waals surface area contributed by atoms with Gasteiger partial charge in [0.25, 0.3) is 5.91 Å². The first-order valence-electron chi connectivity index (χ1n) is 7.90. The Morgan fingerprint density at radius 1 is 1.04 bits per heavy atom. The Hall–Kier alpha value is -2.96. The number of halogens is 2. The summed E-state index contributed by atoms with van der Waals surface area (Å²) >= 11 is 0. The van der Waals surface area contributed by atoms with Crippen LogP contribution in [0.4, 0.5) is 14.5 Å². The summed E-state index contributed by atoms with van der Waals surface area (Å²) in [5, 5.41) is 2.71. The summed E-state index contributed by atoms with van der Waals surface area (Å²) in [5.74, 6) is -1.28. The van der Waals surface area contributed by atoms with Gasteiger partial charge in [-0.3, -0.25) is 4.79 Å². The van der Waals surface area contributed by atoms with Gasteiger partial charge in [0.2, 0.25) is 0 Å². The minimum Gasteiger partial charge on any atom is -0.449 e. The van der Waals surface area contributed by atoms with Gasteiger partial charge in [-0.1, -0.05) is 17.7 Å². The van der Waals surface area contributed by atoms with E-state index in [0.29, 0.717) is 5.69 Å². The molecule has 2 aromatic carbocycles. The highest BCUT2D eigenvalue weighted by Crippen LogP contribution is 2.18. The van der Waals surface area contributed by atoms with Crippen molar-refractivity contribution in [2.24, 2.45) is 0 Å². The quantitative estimate of drug-likeness (QED) is 0.785. The first-order chi connectivity index (χ1) is 12.3. The lowest BCUT2D eigenvalue weighted by molar-refractivity contribution is -0.123. The van der Waals surface area contributed by atoms with Gasteiger partial charge in [-0.05, 0) is 56.7 Å². The lowest BCUT2D eigenvalue weighted by Gasteiger charge is -2.15. The third-order valence-electron chi connectivity index (χ3n) is 3.61. The smallest absolute Gasteiger partial charge is 0.387 e. The van der Waals surface area contributed by atoms with Crippen molar-refractivity contribution >= 4 is 17.6 Å². The van der Waals surface area contributed by atoms with Crippen molar-refractivity contribution in [3.8, 4) is 5.75 Å². The Labute approximate surface area is 149 Å². The molecule has 26 heavy (non-hydrogen) atoms. The zero-order valence-corrected chi connectivity index (χ0v) is 14.6. The van der Waals surface area contributed by atoms with Gasteiger partial charge in [0.05, 0.1) is 5.56 Å². The van der Waals surface area contributed by atoms with E-state index in [0.717, 1.165) is 11.1 Å². The third-order valence-corrected chi connectivity index (χ3v) is 3.61. The van der Waals surface area contributed by atoms with Crippen LogP contribution in [0.2, 0.25) is 0 Å². The maximum atomic E-state index is 12.2. The van der Waals surface area contributed by atoms with E-state index in [-0.39, 0.29) is 11.3 Å². The van der Waals surface area contributed by atoms with Crippen LogP contribution in [0.1, 0.15) is 28.4 Å². The summed E-state index contributed by atoms with van der Waals surface area (Å²) in [6.45, 7) is 2.32. The number of carbonyl (C=O) groups excluding carboxylic acids is 2. The second-order valence-electron chi connectivity index (χ2n) is 5.76. The number of amides is 1. The first-order valence-corrected chi connectivity index (χ1v) is 7.90. The third kappa shape index (κ3) is 5.27. The SMILES string of the molecule is Cc1ccc(NC(=O)[C@H](C)OC(=O)c2ccc(OC(F)F)cc2)c(C)c1. The fourth-order valence-corrected chi connectivity index (χ4v) is 2.24. The van der Waals surface area contributed by atoms with E-state index >= 15 is 0 Å². The van der Waals surface area contributed by atoms with Crippen LogP contribution in [0.3, 0.4) is 0 Å². The van der Waals surface area contributed by atoms with E-state index in [1.807, 2.05) is 26.0 Å². The van der Waals surface area contributed by atoms with E-state index in [9.17, 15) is 18.4 Å². The average Bonchev–Trinajstić information content (AvgIpc) is 2.57. The van der Waals surface area contributed by atoms with Crippen LogP contribution >= 0.6 is 0 Å². The molecule has 0 aliphatic heterocycles. The Bertz CT molecular complexity index is 791. The lowest BCUT2D eigenvalue weighted by atomic mass is 10.1. The Kier molecular flexibility index (Phi) is 6.27. The summed E-state index contributed by atoms with van der Waals surface area (Å²) in [6.07, 6.45) is -1.03. The van der Waals surface area contributed by atoms with E-state index in [1.54, 1.807) is 6.07 Å². The predicted molar refractivity (Wildman–Crippen MR) is 92.5 cm³/mol. The molecule has 0 heterocycles. The van der Waals surface area contributed by atoms with Gasteiger partial charge >= 0.3 is 12.6 Å². The number of benzene rings is 2. The maximum absolute atomic E-state index is 12.2. The molecule has 2 aromatic rings. The number of esters is 1. The van der Waals surface area contributed by atoms with E-state index in [4.69, 9.17) is 4.74 Å². The highest BCUT2D eigenvalue weighted by Gasteiger charge is 2.19. The fourth-order valence-electron chi connectivity index (χ4n) is 2.24. The second-order valence-corrected chi connectivity index (χ2v) is 5.76. The van der Waals surface area contributed by atoms with Gasteiger partial charge in [-0.2, -0.15) is 8.78 Å². The molecule has 1 atom stereocenters. The van der Waals surface area contributed by atoms with Crippen molar-refractivity contribution in [2.75, 3.05) is 5.32 Å². The molecule has 1 amide bonds. The van der Waals surface area contributed by atoms with Crippen LogP contribution < -0.4 is 10.1 Å². The first kappa shape index (κ1) is 19.4. The van der Waals surface area contributed by atoms with Gasteiger partial charge in [-0.15, -0.1) is 0 Å². The van der Waals surface area contributed by atoms with Crippen LogP contribution in [0, 0.1) is 13.8 Å². The van der Waals surface area contributed by atoms with Crippen molar-refractivity contribution in [3.63, 3.8) is 0 Å². The van der Waals surface area contributed by atoms with E-state index in [2.05, 4.69) is 10.1 Å². The summed E-state index contributed by atoms with van der Waals surface area (Å²) in [5.41, 5.74) is 2.72. The fraction of sp³-hybridized carbons (Fsp3) is 0.263. The molecule has 0 aromatic heterocycles. The van der Waals surface area contributed by atoms with Crippen LogP contribution in [-0.2, 0) is 9.53 Å². The molecule has 1 N–H and O–H groups in total. The molecular weight excluding hydrogens is 344 g/mol. The van der Waals surface area contributed by atoms with Crippen molar-refractivity contribution in [3.05, 3.63) is 59.2 Å². The van der Waals surface area contributed by atoms with Crippen LogP contribution in [0.5, 0.6) is 5.75 Å². The number of rotatable bonds is 6. The van der Waals surface area contributed by atoms with Crippen molar-refractivity contribution in [1.29, 1.82) is 0 Å². The molecule has 0 fully saturated rings. The summed E-state index contributed by atoms with van der Waals surface area (Å²) in [6, 6.07) is 10.6. The topological polar surface area (TPSA) is 64.6 Å². The van der Waals surface area contributed by atoms with Crippen LogP contribution in [0.25, 0.3) is 0 Å². The Balaban J connectivity index is 1.96. The molecule has 0 saturated heterocycles. The van der Waals surface area contributed by atoms with E-state index in [1.165, 1.54) is 31.2 Å². The Morgan fingerprint density at radius 2 is 1.69 bits per heavy atom. The van der Waals surface area contributed by atoms with Crippen molar-refractivity contribution < 1.29 is 27.8 Å². The number of hydrogen-bond donors (Lipinski definition) is 1. The molecule has 0 unspecified atom stereocenters. The molecule has 7 heteroatoms. The highest BCUT2D eigenvalue weighted by molar-refractivity contribution is 5.97. The molecule has 0 radical (unpaired) electrons. The molecular formula is C19H19F2NO4. The normalized spacial score (nSPS) is 11.8. The largest absolute Gasteiger partial charge is 0.449 e. The molecule has 2 rings (SSSR count). The van der Waals surface area contributed by atoms with Gasteiger partial charge in [-0.25, -0.2) is 4.79 Å². The minimum absolute atomic E-state index is 0.0720. The molecule has 0 bridgehead atoms.